The summed E-state index contributed by atoms with van der Waals surface area (Å²) in [5.41, 5.74) is 10.3. The van der Waals surface area contributed by atoms with Gasteiger partial charge in [-0.05, 0) is 101 Å². The summed E-state index contributed by atoms with van der Waals surface area (Å²) < 4.78 is 21.7. The molecule has 2 aromatic heterocycles. The quantitative estimate of drug-likeness (QED) is 0.00771. The normalized spacial score (nSPS) is 11.6. The summed E-state index contributed by atoms with van der Waals surface area (Å²) >= 11 is 0. The van der Waals surface area contributed by atoms with Crippen LogP contribution in [0, 0.1) is 19.7 Å². The molecule has 0 saturated carbocycles. The fraction of sp³-hybridized carbons (Fsp3) is 0.381. The summed E-state index contributed by atoms with van der Waals surface area (Å²) in [6.07, 6.45) is 10.5. The maximum absolute atomic E-state index is 14.9. The molecule has 0 radical (unpaired) electrons. The molecular weight excluding hydrogens is 1150 g/mol. The minimum Gasteiger partial charge on any atom is -0.397 e. The van der Waals surface area contributed by atoms with Crippen LogP contribution in [0.4, 0.5) is 10.1 Å². The van der Waals surface area contributed by atoms with E-state index in [1.54, 1.807) is 89.5 Å². The Morgan fingerprint density at radius 1 is 0.831 bits per heavy atom. The predicted octanol–water partition coefficient (Wildman–Crippen LogP) is 2.15. The van der Waals surface area contributed by atoms with Crippen LogP contribution in [0.3, 0.4) is 0 Å². The average molecular weight is 1240 g/mol. The van der Waals surface area contributed by atoms with Crippen molar-refractivity contribution < 1.29 is 57.4 Å². The van der Waals surface area contributed by atoms with E-state index in [1.165, 1.54) is 40.5 Å². The molecule has 1 atom stereocenters. The van der Waals surface area contributed by atoms with Gasteiger partial charge in [-0.2, -0.15) is 0 Å². The molecule has 4 amide bonds. The number of anilines is 1. The van der Waals surface area contributed by atoms with E-state index in [2.05, 4.69) is 56.3 Å². The van der Waals surface area contributed by atoms with Gasteiger partial charge in [0, 0.05) is 79.9 Å². The Kier molecular flexibility index (Phi) is 35.9. The molecule has 0 bridgehead atoms. The molecule has 25 nitrogen and oxygen atoms in total. The van der Waals surface area contributed by atoms with E-state index >= 15 is 0 Å². The first kappa shape index (κ1) is 76.1. The third-order valence-corrected chi connectivity index (χ3v) is 13.1. The maximum Gasteiger partial charge on any atom is 0.257 e. The number of hydrazine groups is 1. The van der Waals surface area contributed by atoms with Crippen molar-refractivity contribution >= 4 is 77.3 Å². The predicted molar refractivity (Wildman–Crippen MR) is 340 cm³/mol. The molecule has 89 heavy (non-hydrogen) atoms. The highest BCUT2D eigenvalue weighted by Gasteiger charge is 2.35. The number of nitrogens with zero attached hydrogens (tertiary/aromatic N) is 4. The summed E-state index contributed by atoms with van der Waals surface area (Å²) in [5.74, 6) is 5.40. The lowest BCUT2D eigenvalue weighted by Gasteiger charge is -2.24. The number of ether oxygens (including phenoxy) is 1. The zero-order valence-corrected chi connectivity index (χ0v) is 51.9. The largest absolute Gasteiger partial charge is 0.397 e. The molecule has 1 aliphatic heterocycles. The zero-order chi connectivity index (χ0) is 66.3. The summed E-state index contributed by atoms with van der Waals surface area (Å²) in [6.45, 7) is 7.54. The maximum atomic E-state index is 14.9. The van der Waals surface area contributed by atoms with Crippen molar-refractivity contribution in [1.29, 1.82) is 0 Å². The van der Waals surface area contributed by atoms with Crippen molar-refractivity contribution in [2.75, 3.05) is 86.6 Å². The van der Waals surface area contributed by atoms with Crippen LogP contribution in [0.25, 0.3) is 28.0 Å². The number of benzene rings is 3. The summed E-state index contributed by atoms with van der Waals surface area (Å²) in [7, 11) is 8.23. The van der Waals surface area contributed by atoms with Crippen molar-refractivity contribution in [2.45, 2.75) is 78.2 Å². The highest BCUT2D eigenvalue weighted by molar-refractivity contribution is 5.93. The van der Waals surface area contributed by atoms with Gasteiger partial charge in [-0.1, -0.05) is 61.4 Å². The van der Waals surface area contributed by atoms with E-state index in [1.807, 2.05) is 18.2 Å². The molecule has 1 aliphatic rings. The van der Waals surface area contributed by atoms with Gasteiger partial charge in [0.2, 0.25) is 23.6 Å². The van der Waals surface area contributed by atoms with Crippen LogP contribution in [-0.4, -0.2) is 161 Å². The lowest BCUT2D eigenvalue weighted by atomic mass is 9.89. The number of allylic oxidation sites excluding steroid dienone is 1. The van der Waals surface area contributed by atoms with Gasteiger partial charge in [-0.3, -0.25) is 38.9 Å². The topological polar surface area (TPSA) is 361 Å². The van der Waals surface area contributed by atoms with Crippen LogP contribution >= 0.6 is 0 Å². The number of rotatable bonds is 30. The summed E-state index contributed by atoms with van der Waals surface area (Å²) in [5, 5.41) is 31.9. The smallest absolute Gasteiger partial charge is 0.257 e. The van der Waals surface area contributed by atoms with Gasteiger partial charge in [0.15, 0.2) is 6.29 Å². The van der Waals surface area contributed by atoms with Gasteiger partial charge >= 0.3 is 0 Å². The number of aldehydes is 5. The third kappa shape index (κ3) is 26.1. The molecular formula is C63H86FN13O12. The Hall–Kier alpha value is -9.02. The number of carbonyl (C=O) groups excluding carboxylic acids is 9. The molecule has 3 aromatic carbocycles. The SMILES string of the molecule is CC[C@@](O)(C=O)c1cc2n(c(=O)c1COC)Cc1c-2nc2cc(F)c(C)cc2c1CN(N)/C=C(\N)c1ccc(NC(=O)CNCNC)cc1.CN(CCCCCC=O)C(=O)/C=C\C=O.CNCC(=O)NCC=O.CNCC(=O)NCC=O.Cc1ccccc1. The summed E-state index contributed by atoms with van der Waals surface area (Å²) in [6, 6.07) is 21.9. The van der Waals surface area contributed by atoms with Crippen LogP contribution in [0.15, 0.2) is 95.9 Å². The van der Waals surface area contributed by atoms with E-state index in [9.17, 15) is 57.4 Å². The Labute approximate surface area is 518 Å². The number of aryl methyl sites for hydroxylation is 2. The standard InChI is InChI=1S/C35H41FN8O5.C11H17NO3.C7H8.2C5H10N2O2/c1-5-35(48,18-45)27-11-31-33-25(15-44(31)34(47)26(27)17-49-4)24(23-10-20(2)28(36)12-30(23)42-33)14-43(38)16-29(37)21-6-8-22(9-7-21)41-32(46)13-40-19-39-3;1-12(11(15)7-6-10-14)8-4-2-3-5-9-13;1-7-5-3-2-4-6-7;2*1-6-4-5(9)7-2-3-8/h6-12,16,18,39-40,48H,5,13-15,17,19,37-38H2,1-4H3,(H,41,46);6-7,9-10H,2-5,8H2,1H3;2-6H,1H3;2*3,6H,2,4H2,1H3,(H,7,9)/b29-16-;7-6-;;;/t35-;;;;/m1..../s1. The second-order valence-corrected chi connectivity index (χ2v) is 19.9. The second-order valence-electron chi connectivity index (χ2n) is 19.9. The number of fused-ring (bicyclic) bond motifs is 4. The number of hydrogen-bond acceptors (Lipinski definition) is 20. The van der Waals surface area contributed by atoms with Crippen LogP contribution in [0.1, 0.15) is 78.0 Å². The molecule has 12 N–H and O–H groups in total. The minimum absolute atomic E-state index is 0.0333. The van der Waals surface area contributed by atoms with E-state index in [-0.39, 0.29) is 93.6 Å². The molecule has 0 unspecified atom stereocenters. The Morgan fingerprint density at radius 2 is 1.47 bits per heavy atom. The average Bonchev–Trinajstić information content (AvgIpc) is 1.72. The number of halogens is 1. The van der Waals surface area contributed by atoms with Crippen molar-refractivity contribution in [3.63, 3.8) is 0 Å². The van der Waals surface area contributed by atoms with Gasteiger partial charge in [0.1, 0.15) is 36.6 Å². The highest BCUT2D eigenvalue weighted by atomic mass is 19.1. The van der Waals surface area contributed by atoms with Crippen LogP contribution < -0.4 is 54.4 Å². The molecule has 0 fully saturated rings. The number of pyridine rings is 2. The molecule has 26 heteroatoms. The first-order valence-electron chi connectivity index (χ1n) is 28.5. The monoisotopic (exact) mass is 1240 g/mol. The molecule has 0 saturated heterocycles. The van der Waals surface area contributed by atoms with Crippen LogP contribution in [0.2, 0.25) is 0 Å². The van der Waals surface area contributed by atoms with Crippen molar-refractivity contribution in [3.05, 3.63) is 146 Å². The van der Waals surface area contributed by atoms with Crippen molar-refractivity contribution in [1.82, 2.24) is 51.4 Å². The van der Waals surface area contributed by atoms with E-state index in [4.69, 9.17) is 21.3 Å². The number of methoxy groups -OCH3 is 1. The molecule has 0 aliphatic carbocycles. The first-order chi connectivity index (χ1) is 42.7. The van der Waals surface area contributed by atoms with E-state index in [0.717, 1.165) is 25.5 Å². The second kappa shape index (κ2) is 42.0. The van der Waals surface area contributed by atoms with Gasteiger partial charge in [-0.25, -0.2) is 15.2 Å². The molecule has 482 valence electrons. The summed E-state index contributed by atoms with van der Waals surface area (Å²) in [4.78, 5) is 116. The van der Waals surface area contributed by atoms with Gasteiger partial charge in [0.25, 0.3) is 5.56 Å². The lowest BCUT2D eigenvalue weighted by Crippen LogP contribution is -2.34. The highest BCUT2D eigenvalue weighted by Crippen LogP contribution is 2.39. The van der Waals surface area contributed by atoms with Crippen LogP contribution in [-0.2, 0) is 73.2 Å². The molecule has 0 spiro atoms. The van der Waals surface area contributed by atoms with Crippen LogP contribution in [0.5, 0.6) is 0 Å². The van der Waals surface area contributed by atoms with Gasteiger partial charge < -0.3 is 76.3 Å². The lowest BCUT2D eigenvalue weighted by molar-refractivity contribution is -0.125. The fourth-order valence-corrected chi connectivity index (χ4v) is 8.41. The fourth-order valence-electron chi connectivity index (χ4n) is 8.41. The zero-order valence-electron chi connectivity index (χ0n) is 51.9. The number of aliphatic hydroxyl groups is 1. The first-order valence-corrected chi connectivity index (χ1v) is 28.5. The van der Waals surface area contributed by atoms with Crippen molar-refractivity contribution in [2.24, 2.45) is 11.6 Å². The Balaban J connectivity index is 0.000000540. The minimum atomic E-state index is -1.92. The number of likely N-dealkylation sites (N-methyl/N-ethyl adjacent to an activating group) is 3. The number of aromatic nitrogens is 2. The van der Waals surface area contributed by atoms with Gasteiger partial charge in [-0.15, -0.1) is 0 Å². The number of unbranched alkanes of at least 4 members (excludes halogenated alkanes) is 3. The van der Waals surface area contributed by atoms with E-state index < -0.39 is 17.0 Å². The number of amides is 4. The van der Waals surface area contributed by atoms with Gasteiger partial charge in [0.05, 0.1) is 75.0 Å². The number of carbonyl (C=O) groups is 9. The molecule has 6 rings (SSSR count). The van der Waals surface area contributed by atoms with E-state index in [0.29, 0.717) is 101 Å². The Bertz CT molecular complexity index is 3210. The Morgan fingerprint density at radius 3 is 2.00 bits per heavy atom. The van der Waals surface area contributed by atoms with Crippen molar-refractivity contribution in [3.8, 4) is 11.4 Å². The molecule has 5 aromatic rings. The molecule has 3 heterocycles. The number of nitrogens with one attached hydrogen (secondary N) is 7. The number of nitrogens with two attached hydrogens (primary N) is 2. The third-order valence-electron chi connectivity index (χ3n) is 13.1. The number of hydrogen-bond donors (Lipinski definition) is 10.